The fourth-order valence-electron chi connectivity index (χ4n) is 2.15. The highest BCUT2D eigenvalue weighted by Gasteiger charge is 2.02. The number of para-hydroxylation sites is 1. The number of benzene rings is 1. The minimum absolute atomic E-state index is 0. The van der Waals surface area contributed by atoms with Crippen LogP contribution >= 0.6 is 24.0 Å². The Labute approximate surface area is 163 Å². The molecule has 2 N–H and O–H groups in total. The van der Waals surface area contributed by atoms with E-state index in [0.29, 0.717) is 5.92 Å². The monoisotopic (exact) mass is 449 g/mol. The summed E-state index contributed by atoms with van der Waals surface area (Å²) in [6.07, 6.45) is 1.86. The third-order valence-corrected chi connectivity index (χ3v) is 3.31. The van der Waals surface area contributed by atoms with E-state index in [0.717, 1.165) is 50.9 Å². The highest BCUT2D eigenvalue weighted by atomic mass is 127. The van der Waals surface area contributed by atoms with E-state index in [1.807, 2.05) is 18.2 Å². The first-order valence-corrected chi connectivity index (χ1v) is 8.31. The number of methoxy groups -OCH3 is 1. The van der Waals surface area contributed by atoms with Gasteiger partial charge >= 0.3 is 0 Å². The van der Waals surface area contributed by atoms with Gasteiger partial charge in [-0.15, -0.1) is 24.0 Å². The van der Waals surface area contributed by atoms with Gasteiger partial charge in [-0.3, -0.25) is 4.99 Å². The first kappa shape index (κ1) is 23.0. The van der Waals surface area contributed by atoms with E-state index in [2.05, 4.69) is 35.5 Å². The first-order chi connectivity index (χ1) is 11.2. The first-order valence-electron chi connectivity index (χ1n) is 8.31. The van der Waals surface area contributed by atoms with E-state index < -0.39 is 0 Å². The molecule has 0 atom stereocenters. The van der Waals surface area contributed by atoms with Crippen LogP contribution in [0.4, 0.5) is 0 Å². The smallest absolute Gasteiger partial charge is 0.190 e. The predicted molar refractivity (Wildman–Crippen MR) is 112 cm³/mol. The van der Waals surface area contributed by atoms with Crippen molar-refractivity contribution in [2.24, 2.45) is 10.9 Å². The molecule has 24 heavy (non-hydrogen) atoms. The van der Waals surface area contributed by atoms with Gasteiger partial charge in [0.15, 0.2) is 5.96 Å². The van der Waals surface area contributed by atoms with Crippen LogP contribution in [0.15, 0.2) is 29.3 Å². The molecular weight excluding hydrogens is 417 g/mol. The molecule has 1 rings (SSSR count). The molecule has 0 saturated heterocycles. The summed E-state index contributed by atoms with van der Waals surface area (Å²) in [5, 5.41) is 6.62. The lowest BCUT2D eigenvalue weighted by Crippen LogP contribution is -2.39. The summed E-state index contributed by atoms with van der Waals surface area (Å²) >= 11 is 0. The number of rotatable bonds is 10. The maximum Gasteiger partial charge on any atom is 0.190 e. The van der Waals surface area contributed by atoms with E-state index >= 15 is 0 Å². The van der Waals surface area contributed by atoms with Crippen molar-refractivity contribution >= 4 is 29.9 Å². The highest BCUT2D eigenvalue weighted by molar-refractivity contribution is 14.0. The second-order valence-electron chi connectivity index (χ2n) is 5.81. The Bertz CT molecular complexity index is 467. The molecule has 0 amide bonds. The molecule has 0 aliphatic rings. The van der Waals surface area contributed by atoms with Gasteiger partial charge < -0.3 is 20.1 Å². The zero-order chi connectivity index (χ0) is 16.9. The molecule has 0 aliphatic heterocycles. The van der Waals surface area contributed by atoms with Crippen LogP contribution in [-0.2, 0) is 11.2 Å². The van der Waals surface area contributed by atoms with Crippen molar-refractivity contribution in [1.29, 1.82) is 0 Å². The maximum atomic E-state index is 5.56. The Morgan fingerprint density at radius 2 is 1.88 bits per heavy atom. The molecule has 0 heterocycles. The zero-order valence-corrected chi connectivity index (χ0v) is 17.6. The van der Waals surface area contributed by atoms with Crippen LogP contribution in [0, 0.1) is 5.92 Å². The fraction of sp³-hybridized carbons (Fsp3) is 0.611. The van der Waals surface area contributed by atoms with Crippen LogP contribution in [0.3, 0.4) is 0 Å². The van der Waals surface area contributed by atoms with E-state index in [1.54, 1.807) is 14.2 Å². The SMILES string of the molecule is CN=C(NCCCOCC(C)C)NCCc1ccccc1OC.I. The summed E-state index contributed by atoms with van der Waals surface area (Å²) < 4.78 is 10.9. The third-order valence-electron chi connectivity index (χ3n) is 3.31. The topological polar surface area (TPSA) is 54.9 Å². The molecule has 0 fully saturated rings. The van der Waals surface area contributed by atoms with Gasteiger partial charge in [-0.05, 0) is 30.4 Å². The van der Waals surface area contributed by atoms with Crippen LogP contribution in [0.1, 0.15) is 25.8 Å². The zero-order valence-electron chi connectivity index (χ0n) is 15.3. The van der Waals surface area contributed by atoms with Crippen molar-refractivity contribution in [1.82, 2.24) is 10.6 Å². The third kappa shape index (κ3) is 9.97. The molecule has 0 bridgehead atoms. The maximum absolute atomic E-state index is 5.56. The Balaban J connectivity index is 0.00000529. The largest absolute Gasteiger partial charge is 0.496 e. The van der Waals surface area contributed by atoms with Gasteiger partial charge in [-0.1, -0.05) is 32.0 Å². The quantitative estimate of drug-likeness (QED) is 0.250. The van der Waals surface area contributed by atoms with Gasteiger partial charge in [0.2, 0.25) is 0 Å². The van der Waals surface area contributed by atoms with E-state index in [-0.39, 0.29) is 24.0 Å². The molecule has 0 aromatic heterocycles. The molecule has 0 spiro atoms. The van der Waals surface area contributed by atoms with Crippen molar-refractivity contribution in [3.63, 3.8) is 0 Å². The highest BCUT2D eigenvalue weighted by Crippen LogP contribution is 2.17. The molecule has 0 radical (unpaired) electrons. The predicted octanol–water partition coefficient (Wildman–Crippen LogP) is 3.08. The number of nitrogens with zero attached hydrogens (tertiary/aromatic N) is 1. The lowest BCUT2D eigenvalue weighted by atomic mass is 10.1. The Morgan fingerprint density at radius 3 is 2.54 bits per heavy atom. The van der Waals surface area contributed by atoms with Crippen LogP contribution in [0.25, 0.3) is 0 Å². The average molecular weight is 449 g/mol. The van der Waals surface area contributed by atoms with Gasteiger partial charge in [-0.25, -0.2) is 0 Å². The van der Waals surface area contributed by atoms with Gasteiger partial charge in [0.05, 0.1) is 7.11 Å². The van der Waals surface area contributed by atoms with Crippen LogP contribution in [0.5, 0.6) is 5.75 Å². The summed E-state index contributed by atoms with van der Waals surface area (Å²) in [4.78, 5) is 4.23. The van der Waals surface area contributed by atoms with E-state index in [1.165, 1.54) is 5.56 Å². The number of hydrogen-bond donors (Lipinski definition) is 2. The summed E-state index contributed by atoms with van der Waals surface area (Å²) in [7, 11) is 3.49. The molecule has 1 aromatic carbocycles. The summed E-state index contributed by atoms with van der Waals surface area (Å²) in [5.74, 6) is 2.34. The second kappa shape index (κ2) is 14.3. The number of nitrogens with one attached hydrogen (secondary N) is 2. The van der Waals surface area contributed by atoms with Gasteiger partial charge in [0.1, 0.15) is 5.75 Å². The second-order valence-corrected chi connectivity index (χ2v) is 5.81. The summed E-state index contributed by atoms with van der Waals surface area (Å²) in [5.41, 5.74) is 1.19. The van der Waals surface area contributed by atoms with E-state index in [4.69, 9.17) is 9.47 Å². The minimum Gasteiger partial charge on any atom is -0.496 e. The van der Waals surface area contributed by atoms with Gasteiger partial charge in [0.25, 0.3) is 0 Å². The molecule has 5 nitrogen and oxygen atoms in total. The van der Waals surface area contributed by atoms with Crippen LogP contribution in [0.2, 0.25) is 0 Å². The van der Waals surface area contributed by atoms with E-state index in [9.17, 15) is 0 Å². The molecule has 138 valence electrons. The Morgan fingerprint density at radius 1 is 1.17 bits per heavy atom. The number of hydrogen-bond acceptors (Lipinski definition) is 3. The van der Waals surface area contributed by atoms with Crippen molar-refractivity contribution in [3.8, 4) is 5.75 Å². The minimum atomic E-state index is 0. The lowest BCUT2D eigenvalue weighted by Gasteiger charge is -2.13. The molecule has 6 heteroatoms. The van der Waals surface area contributed by atoms with Crippen molar-refractivity contribution in [2.45, 2.75) is 26.7 Å². The summed E-state index contributed by atoms with van der Waals surface area (Å²) in [6, 6.07) is 8.09. The molecular formula is C18H32IN3O2. The van der Waals surface area contributed by atoms with Crippen LogP contribution in [-0.4, -0.2) is 46.4 Å². The van der Waals surface area contributed by atoms with Crippen molar-refractivity contribution < 1.29 is 9.47 Å². The molecule has 0 aliphatic carbocycles. The molecule has 1 aromatic rings. The van der Waals surface area contributed by atoms with Crippen molar-refractivity contribution in [3.05, 3.63) is 29.8 Å². The number of guanidine groups is 1. The normalized spacial score (nSPS) is 11.1. The molecule has 0 saturated carbocycles. The van der Waals surface area contributed by atoms with Crippen molar-refractivity contribution in [2.75, 3.05) is 40.5 Å². The Hall–Kier alpha value is -1.02. The Kier molecular flexibility index (Phi) is 13.7. The standard InChI is InChI=1S/C18H31N3O2.HI/c1-15(2)14-23-13-7-11-20-18(19-3)21-12-10-16-8-5-6-9-17(16)22-4;/h5-6,8-9,15H,7,10-14H2,1-4H3,(H2,19,20,21);1H. The number of ether oxygens (including phenoxy) is 2. The summed E-state index contributed by atoms with van der Waals surface area (Å²) in [6.45, 7) is 7.59. The van der Waals surface area contributed by atoms with Gasteiger partial charge in [-0.2, -0.15) is 0 Å². The average Bonchev–Trinajstić information content (AvgIpc) is 2.56. The fourth-order valence-corrected chi connectivity index (χ4v) is 2.15. The number of aliphatic imine (C=N–C) groups is 1. The van der Waals surface area contributed by atoms with Crippen LogP contribution < -0.4 is 15.4 Å². The molecule has 0 unspecified atom stereocenters. The lowest BCUT2D eigenvalue weighted by molar-refractivity contribution is 0.108. The number of halogens is 1. The van der Waals surface area contributed by atoms with Gasteiger partial charge in [0, 0.05) is 33.4 Å².